The number of halogens is 1. The van der Waals surface area contributed by atoms with Gasteiger partial charge in [0.2, 0.25) is 0 Å². The maximum Gasteiger partial charge on any atom is 0.123 e. The molecule has 0 amide bonds. The molecule has 2 aromatic rings. The van der Waals surface area contributed by atoms with E-state index in [-0.39, 0.29) is 0 Å². The molecule has 1 unspecified atom stereocenters. The van der Waals surface area contributed by atoms with Gasteiger partial charge >= 0.3 is 0 Å². The van der Waals surface area contributed by atoms with E-state index in [2.05, 4.69) is 6.07 Å². The molecule has 1 atom stereocenters. The largest absolute Gasteiger partial charge is 0.243 e. The van der Waals surface area contributed by atoms with Gasteiger partial charge in [0.15, 0.2) is 0 Å². The van der Waals surface area contributed by atoms with Gasteiger partial charge in [-0.3, -0.25) is 0 Å². The van der Waals surface area contributed by atoms with Crippen molar-refractivity contribution in [1.82, 2.24) is 0 Å². The second kappa shape index (κ2) is 3.17. The van der Waals surface area contributed by atoms with Crippen LogP contribution in [0.1, 0.15) is 18.7 Å². The Morgan fingerprint density at radius 1 is 1.15 bits per heavy atom. The molecule has 2 rings (SSSR count). The summed E-state index contributed by atoms with van der Waals surface area (Å²) in [6.07, 6.45) is -0.940. The molecule has 2 aromatic carbocycles. The Bertz CT molecular complexity index is 418. The van der Waals surface area contributed by atoms with E-state index in [9.17, 15) is 4.39 Å². The first-order valence-electron chi connectivity index (χ1n) is 4.32. The molecule has 0 saturated heterocycles. The summed E-state index contributed by atoms with van der Waals surface area (Å²) in [4.78, 5) is 0. The fourth-order valence-electron chi connectivity index (χ4n) is 1.36. The highest BCUT2D eigenvalue weighted by atomic mass is 19.1. The summed E-state index contributed by atoms with van der Waals surface area (Å²) in [5, 5.41) is 2.08. The van der Waals surface area contributed by atoms with Crippen molar-refractivity contribution in [3.8, 4) is 0 Å². The first kappa shape index (κ1) is 8.24. The molecule has 13 heavy (non-hydrogen) atoms. The highest BCUT2D eigenvalue weighted by molar-refractivity contribution is 5.82. The first-order chi connectivity index (χ1) is 6.27. The summed E-state index contributed by atoms with van der Waals surface area (Å²) in [5.74, 6) is 0. The third-order valence-electron chi connectivity index (χ3n) is 2.11. The van der Waals surface area contributed by atoms with E-state index in [0.29, 0.717) is 5.56 Å². The number of benzene rings is 2. The van der Waals surface area contributed by atoms with Crippen LogP contribution in [0.25, 0.3) is 10.8 Å². The van der Waals surface area contributed by atoms with Gasteiger partial charge in [0.1, 0.15) is 6.17 Å². The quantitative estimate of drug-likeness (QED) is 0.617. The zero-order chi connectivity index (χ0) is 9.26. The standard InChI is InChI=1S/C12H10F/c1-9(13)11-7-6-10-4-2-3-5-12(10)8-11/h2-7,9H,1H3. The van der Waals surface area contributed by atoms with Crippen molar-refractivity contribution in [2.24, 2.45) is 0 Å². The van der Waals surface area contributed by atoms with Gasteiger partial charge in [-0.15, -0.1) is 0 Å². The van der Waals surface area contributed by atoms with Crippen molar-refractivity contribution >= 4 is 10.8 Å². The molecular formula is C12H10F. The number of rotatable bonds is 1. The van der Waals surface area contributed by atoms with Gasteiger partial charge in [0, 0.05) is 0 Å². The minimum atomic E-state index is -0.940. The van der Waals surface area contributed by atoms with Crippen molar-refractivity contribution in [2.75, 3.05) is 0 Å². The van der Waals surface area contributed by atoms with Gasteiger partial charge in [-0.2, -0.15) is 0 Å². The molecule has 0 heterocycles. The second-order valence-electron chi connectivity index (χ2n) is 3.12. The molecular weight excluding hydrogens is 163 g/mol. The lowest BCUT2D eigenvalue weighted by atomic mass is 10.1. The van der Waals surface area contributed by atoms with E-state index < -0.39 is 6.17 Å². The fourth-order valence-corrected chi connectivity index (χ4v) is 1.36. The van der Waals surface area contributed by atoms with E-state index in [1.165, 1.54) is 6.92 Å². The molecule has 0 aliphatic carbocycles. The topological polar surface area (TPSA) is 0 Å². The number of fused-ring (bicyclic) bond motifs is 1. The monoisotopic (exact) mass is 173 g/mol. The molecule has 0 fully saturated rings. The highest BCUT2D eigenvalue weighted by Gasteiger charge is 2.02. The van der Waals surface area contributed by atoms with Crippen LogP contribution in [0.4, 0.5) is 4.39 Å². The lowest BCUT2D eigenvalue weighted by molar-refractivity contribution is 0.374. The van der Waals surface area contributed by atoms with Crippen LogP contribution in [0.5, 0.6) is 0 Å². The normalized spacial score (nSPS) is 13.1. The van der Waals surface area contributed by atoms with Gasteiger partial charge in [-0.25, -0.2) is 4.39 Å². The molecule has 65 valence electrons. The average molecular weight is 173 g/mol. The van der Waals surface area contributed by atoms with Crippen LogP contribution in [-0.4, -0.2) is 0 Å². The van der Waals surface area contributed by atoms with Crippen LogP contribution in [0.15, 0.2) is 36.4 Å². The van der Waals surface area contributed by atoms with E-state index in [1.54, 1.807) is 6.07 Å². The molecule has 0 aliphatic heterocycles. The third kappa shape index (κ3) is 1.55. The lowest BCUT2D eigenvalue weighted by Crippen LogP contribution is -1.85. The molecule has 1 radical (unpaired) electrons. The van der Waals surface area contributed by atoms with Crippen LogP contribution < -0.4 is 0 Å². The summed E-state index contributed by atoms with van der Waals surface area (Å²) >= 11 is 0. The Morgan fingerprint density at radius 3 is 2.69 bits per heavy atom. The Labute approximate surface area is 77.0 Å². The Kier molecular flexibility index (Phi) is 2.01. The minimum absolute atomic E-state index is 0.624. The zero-order valence-electron chi connectivity index (χ0n) is 7.42. The van der Waals surface area contributed by atoms with Gasteiger partial charge in [0.25, 0.3) is 0 Å². The van der Waals surface area contributed by atoms with Crippen LogP contribution in [0.3, 0.4) is 0 Å². The van der Waals surface area contributed by atoms with Crippen LogP contribution in [-0.2, 0) is 0 Å². The van der Waals surface area contributed by atoms with Crippen molar-refractivity contribution in [1.29, 1.82) is 0 Å². The van der Waals surface area contributed by atoms with Crippen molar-refractivity contribution < 1.29 is 4.39 Å². The second-order valence-corrected chi connectivity index (χ2v) is 3.12. The predicted octanol–water partition coefficient (Wildman–Crippen LogP) is 3.67. The Morgan fingerprint density at radius 2 is 1.92 bits per heavy atom. The van der Waals surface area contributed by atoms with Gasteiger partial charge in [0.05, 0.1) is 0 Å². The molecule has 0 N–H and O–H groups in total. The van der Waals surface area contributed by atoms with Crippen molar-refractivity contribution in [3.63, 3.8) is 0 Å². The lowest BCUT2D eigenvalue weighted by Gasteiger charge is -2.02. The summed E-state index contributed by atoms with van der Waals surface area (Å²) in [7, 11) is 0. The molecule has 0 aliphatic rings. The Hall–Kier alpha value is -1.37. The average Bonchev–Trinajstić information content (AvgIpc) is 2.17. The number of alkyl halides is 1. The number of hydrogen-bond donors (Lipinski definition) is 0. The van der Waals surface area contributed by atoms with Crippen molar-refractivity contribution in [2.45, 2.75) is 13.1 Å². The maximum absolute atomic E-state index is 12.9. The van der Waals surface area contributed by atoms with E-state index >= 15 is 0 Å². The summed E-state index contributed by atoms with van der Waals surface area (Å²) in [6, 6.07) is 14.6. The number of hydrogen-bond acceptors (Lipinski definition) is 0. The fraction of sp³-hybridized carbons (Fsp3) is 0.167. The smallest absolute Gasteiger partial charge is 0.123 e. The Balaban J connectivity index is 2.62. The predicted molar refractivity (Wildman–Crippen MR) is 52.3 cm³/mol. The summed E-state index contributed by atoms with van der Waals surface area (Å²) in [5.41, 5.74) is 0.624. The molecule has 0 saturated carbocycles. The van der Waals surface area contributed by atoms with E-state index in [1.807, 2.05) is 30.3 Å². The van der Waals surface area contributed by atoms with E-state index in [4.69, 9.17) is 0 Å². The van der Waals surface area contributed by atoms with Crippen LogP contribution in [0.2, 0.25) is 0 Å². The SMILES string of the molecule is CC(F)c1[c]c2ccccc2cc1. The molecule has 0 aromatic heterocycles. The van der Waals surface area contributed by atoms with E-state index in [0.717, 1.165) is 10.8 Å². The van der Waals surface area contributed by atoms with Gasteiger partial charge < -0.3 is 0 Å². The zero-order valence-corrected chi connectivity index (χ0v) is 7.42. The summed E-state index contributed by atoms with van der Waals surface area (Å²) in [6.45, 7) is 1.53. The van der Waals surface area contributed by atoms with Crippen molar-refractivity contribution in [3.05, 3.63) is 48.0 Å². The third-order valence-corrected chi connectivity index (χ3v) is 2.11. The highest BCUT2D eigenvalue weighted by Crippen LogP contribution is 2.21. The molecule has 0 bridgehead atoms. The molecule has 0 spiro atoms. The molecule has 1 heteroatoms. The van der Waals surface area contributed by atoms with Crippen LogP contribution >= 0.6 is 0 Å². The van der Waals surface area contributed by atoms with Gasteiger partial charge in [-0.1, -0.05) is 36.4 Å². The maximum atomic E-state index is 12.9. The first-order valence-corrected chi connectivity index (χ1v) is 4.32. The molecule has 0 nitrogen and oxygen atoms in total. The minimum Gasteiger partial charge on any atom is -0.243 e. The summed E-state index contributed by atoms with van der Waals surface area (Å²) < 4.78 is 12.9. The van der Waals surface area contributed by atoms with Gasteiger partial charge in [-0.05, 0) is 29.3 Å². The van der Waals surface area contributed by atoms with Crippen LogP contribution in [0, 0.1) is 6.07 Å².